The molecule has 1 aliphatic heterocycles. The number of dihydropyridines is 1. The molecule has 1 N–H and O–H groups in total. The molecule has 6 nitrogen and oxygen atoms in total. The standard InChI is InChI=1S/C25H29N5O/c1-17-7-3-4-8-20(17)29-24(31)21-14-19(25(2)12-6-5-9-22(25)28-21)13-18-10-11-23-26-16-27-30(23)15-18/h5-6,9-11,14-17,20H,3-4,7-8,12-13H2,1-2H3,(H,29,31)/t17-,20?,25?/m0/s1. The highest BCUT2D eigenvalue weighted by molar-refractivity contribution is 6.44. The summed E-state index contributed by atoms with van der Waals surface area (Å²) in [6.45, 7) is 4.46. The minimum atomic E-state index is -0.200. The molecule has 3 atom stereocenters. The quantitative estimate of drug-likeness (QED) is 0.814. The fourth-order valence-corrected chi connectivity index (χ4v) is 5.01. The average molecular weight is 416 g/mol. The van der Waals surface area contributed by atoms with E-state index in [-0.39, 0.29) is 17.4 Å². The predicted octanol–water partition coefficient (Wildman–Crippen LogP) is 4.20. The smallest absolute Gasteiger partial charge is 0.270 e. The van der Waals surface area contributed by atoms with Crippen molar-refractivity contribution >= 4 is 17.3 Å². The lowest BCUT2D eigenvalue weighted by Gasteiger charge is -2.37. The van der Waals surface area contributed by atoms with Gasteiger partial charge in [0.1, 0.15) is 12.0 Å². The van der Waals surface area contributed by atoms with Crippen LogP contribution < -0.4 is 5.32 Å². The zero-order chi connectivity index (χ0) is 21.4. The summed E-state index contributed by atoms with van der Waals surface area (Å²) in [6.07, 6.45) is 18.2. The van der Waals surface area contributed by atoms with Crippen molar-refractivity contribution < 1.29 is 4.79 Å². The van der Waals surface area contributed by atoms with Crippen LogP contribution in [-0.4, -0.2) is 32.3 Å². The van der Waals surface area contributed by atoms with E-state index in [1.807, 2.05) is 30.5 Å². The van der Waals surface area contributed by atoms with Gasteiger partial charge in [0.25, 0.3) is 5.91 Å². The number of carbonyl (C=O) groups excluding carboxylic acids is 1. The number of aromatic nitrogens is 3. The van der Waals surface area contributed by atoms with Gasteiger partial charge in [-0.2, -0.15) is 5.10 Å². The third kappa shape index (κ3) is 3.75. The van der Waals surface area contributed by atoms with Crippen molar-refractivity contribution in [3.63, 3.8) is 0 Å². The monoisotopic (exact) mass is 415 g/mol. The van der Waals surface area contributed by atoms with E-state index in [0.29, 0.717) is 11.6 Å². The van der Waals surface area contributed by atoms with Gasteiger partial charge in [-0.15, -0.1) is 0 Å². The van der Waals surface area contributed by atoms with Crippen LogP contribution in [0.5, 0.6) is 0 Å². The van der Waals surface area contributed by atoms with Gasteiger partial charge in [0.05, 0.1) is 5.70 Å². The summed E-state index contributed by atoms with van der Waals surface area (Å²) < 4.78 is 1.80. The second-order valence-electron chi connectivity index (χ2n) is 9.30. The first-order valence-electron chi connectivity index (χ1n) is 11.3. The van der Waals surface area contributed by atoms with Crippen molar-refractivity contribution in [2.45, 2.75) is 58.4 Å². The second-order valence-corrected chi connectivity index (χ2v) is 9.30. The molecule has 2 aromatic heterocycles. The molecule has 0 bridgehead atoms. The van der Waals surface area contributed by atoms with E-state index in [0.717, 1.165) is 36.2 Å². The van der Waals surface area contributed by atoms with Gasteiger partial charge in [0.15, 0.2) is 5.65 Å². The van der Waals surface area contributed by atoms with Crippen molar-refractivity contribution in [3.05, 3.63) is 65.8 Å². The van der Waals surface area contributed by atoms with E-state index in [4.69, 9.17) is 4.99 Å². The number of hydrogen-bond donors (Lipinski definition) is 1. The summed E-state index contributed by atoms with van der Waals surface area (Å²) >= 11 is 0. The first-order valence-corrected chi connectivity index (χ1v) is 11.3. The molecule has 6 heteroatoms. The molecule has 1 fully saturated rings. The SMILES string of the molecule is C[C@H]1CCCCC1NC(=O)C1=NC2=CC=CCC2(C)C(Cc2ccc3ncnn3c2)=C1. The van der Waals surface area contributed by atoms with Gasteiger partial charge in [-0.05, 0) is 62.3 Å². The van der Waals surface area contributed by atoms with Gasteiger partial charge in [-0.1, -0.05) is 43.6 Å². The highest BCUT2D eigenvalue weighted by Crippen LogP contribution is 2.45. The first kappa shape index (κ1) is 19.9. The number of fused-ring (bicyclic) bond motifs is 2. The number of amides is 1. The van der Waals surface area contributed by atoms with Gasteiger partial charge in [-0.3, -0.25) is 4.79 Å². The molecule has 1 amide bonds. The maximum atomic E-state index is 13.2. The van der Waals surface area contributed by atoms with Crippen LogP contribution >= 0.6 is 0 Å². The lowest BCUT2D eigenvalue weighted by molar-refractivity contribution is -0.115. The number of allylic oxidation sites excluding steroid dienone is 4. The molecule has 160 valence electrons. The Kier molecular flexibility index (Phi) is 5.08. The molecule has 5 rings (SSSR count). The van der Waals surface area contributed by atoms with E-state index >= 15 is 0 Å². The molecule has 0 radical (unpaired) electrons. The van der Waals surface area contributed by atoms with Crippen LogP contribution in [0.15, 0.2) is 65.2 Å². The maximum Gasteiger partial charge on any atom is 0.270 e. The first-order chi connectivity index (χ1) is 15.0. The Hall–Kier alpha value is -3.02. The van der Waals surface area contributed by atoms with Crippen molar-refractivity contribution in [1.82, 2.24) is 19.9 Å². The van der Waals surface area contributed by atoms with Gasteiger partial charge in [0, 0.05) is 17.7 Å². The molecular weight excluding hydrogens is 386 g/mol. The Morgan fingerprint density at radius 2 is 2.16 bits per heavy atom. The molecule has 3 aliphatic rings. The number of rotatable bonds is 4. The number of carbonyl (C=O) groups is 1. The van der Waals surface area contributed by atoms with E-state index in [2.05, 4.69) is 41.4 Å². The summed E-state index contributed by atoms with van der Waals surface area (Å²) in [6, 6.07) is 4.31. The average Bonchev–Trinajstić information content (AvgIpc) is 3.23. The molecule has 0 aromatic carbocycles. The number of aliphatic imine (C=N–C) groups is 1. The van der Waals surface area contributed by atoms with Crippen molar-refractivity contribution in [2.24, 2.45) is 16.3 Å². The van der Waals surface area contributed by atoms with Crippen LogP contribution in [0.4, 0.5) is 0 Å². The lowest BCUT2D eigenvalue weighted by Crippen LogP contribution is -2.44. The molecule has 1 saturated carbocycles. The third-order valence-corrected chi connectivity index (χ3v) is 7.13. The van der Waals surface area contributed by atoms with Gasteiger partial charge < -0.3 is 5.32 Å². The highest BCUT2D eigenvalue weighted by atomic mass is 16.2. The molecule has 0 saturated heterocycles. The zero-order valence-electron chi connectivity index (χ0n) is 18.2. The van der Waals surface area contributed by atoms with E-state index < -0.39 is 0 Å². The Balaban J connectivity index is 1.45. The van der Waals surface area contributed by atoms with Gasteiger partial charge >= 0.3 is 0 Å². The van der Waals surface area contributed by atoms with Crippen LogP contribution in [0.25, 0.3) is 5.65 Å². The van der Waals surface area contributed by atoms with E-state index in [9.17, 15) is 4.79 Å². The number of nitrogens with one attached hydrogen (secondary N) is 1. The summed E-state index contributed by atoms with van der Waals surface area (Å²) in [5.74, 6) is 0.460. The van der Waals surface area contributed by atoms with Crippen molar-refractivity contribution in [3.8, 4) is 0 Å². The maximum absolute atomic E-state index is 13.2. The van der Waals surface area contributed by atoms with Crippen LogP contribution in [0.2, 0.25) is 0 Å². The van der Waals surface area contributed by atoms with Crippen LogP contribution in [0.3, 0.4) is 0 Å². The number of nitrogens with zero attached hydrogens (tertiary/aromatic N) is 4. The largest absolute Gasteiger partial charge is 0.348 e. The van der Waals surface area contributed by atoms with Crippen molar-refractivity contribution in [2.75, 3.05) is 0 Å². The fraction of sp³-hybridized carbons (Fsp3) is 0.440. The molecule has 0 spiro atoms. The molecule has 2 aliphatic carbocycles. The minimum absolute atomic E-state index is 0.0551. The summed E-state index contributed by atoms with van der Waals surface area (Å²) in [5.41, 5.74) is 4.47. The Morgan fingerprint density at radius 3 is 3.03 bits per heavy atom. The van der Waals surface area contributed by atoms with Crippen LogP contribution in [-0.2, 0) is 11.2 Å². The lowest BCUT2D eigenvalue weighted by atomic mass is 9.70. The Morgan fingerprint density at radius 1 is 1.29 bits per heavy atom. The summed E-state index contributed by atoms with van der Waals surface area (Å²) in [7, 11) is 0. The molecule has 31 heavy (non-hydrogen) atoms. The van der Waals surface area contributed by atoms with E-state index in [1.54, 1.807) is 10.8 Å². The summed E-state index contributed by atoms with van der Waals surface area (Å²) in [5, 5.41) is 7.53. The summed E-state index contributed by atoms with van der Waals surface area (Å²) in [4.78, 5) is 22.2. The Labute approximate surface area is 182 Å². The fourth-order valence-electron chi connectivity index (χ4n) is 5.01. The predicted molar refractivity (Wildman–Crippen MR) is 122 cm³/mol. The number of pyridine rings is 1. The van der Waals surface area contributed by atoms with Gasteiger partial charge in [-0.25, -0.2) is 14.5 Å². The van der Waals surface area contributed by atoms with Crippen LogP contribution in [0, 0.1) is 11.3 Å². The Bertz CT molecular complexity index is 1140. The normalized spacial score (nSPS) is 27.9. The zero-order valence-corrected chi connectivity index (χ0v) is 18.2. The van der Waals surface area contributed by atoms with Crippen LogP contribution in [0.1, 0.15) is 51.5 Å². The minimum Gasteiger partial charge on any atom is -0.348 e. The molecule has 2 unspecified atom stereocenters. The third-order valence-electron chi connectivity index (χ3n) is 7.13. The molecule has 3 heterocycles. The van der Waals surface area contributed by atoms with Gasteiger partial charge in [0.2, 0.25) is 0 Å². The highest BCUT2D eigenvalue weighted by Gasteiger charge is 2.38. The topological polar surface area (TPSA) is 71.7 Å². The second kappa shape index (κ2) is 7.91. The number of hydrogen-bond acceptors (Lipinski definition) is 4. The molecule has 2 aromatic rings. The van der Waals surface area contributed by atoms with E-state index in [1.165, 1.54) is 24.8 Å². The molecular formula is C25H29N5O. The van der Waals surface area contributed by atoms with Crippen molar-refractivity contribution in [1.29, 1.82) is 0 Å².